The van der Waals surface area contributed by atoms with Crippen LogP contribution in [0.5, 0.6) is 0 Å². The molecule has 0 spiro atoms. The van der Waals surface area contributed by atoms with Gasteiger partial charge in [-0.2, -0.15) is 10.2 Å². The normalized spacial score (nSPS) is 11.2. The minimum Gasteiger partial charge on any atom is -0.324 e. The fourth-order valence-electron chi connectivity index (χ4n) is 2.50. The molecule has 0 aliphatic rings. The lowest BCUT2D eigenvalue weighted by molar-refractivity contribution is 0.628. The van der Waals surface area contributed by atoms with Gasteiger partial charge in [-0.25, -0.2) is 9.37 Å². The van der Waals surface area contributed by atoms with Crippen molar-refractivity contribution in [2.24, 2.45) is 5.73 Å². The Morgan fingerprint density at radius 2 is 1.74 bits per heavy atom. The lowest BCUT2D eigenvalue weighted by atomic mass is 10.1. The Morgan fingerprint density at radius 1 is 0.957 bits per heavy atom. The summed E-state index contributed by atoms with van der Waals surface area (Å²) < 4.78 is 13.1. The van der Waals surface area contributed by atoms with Crippen LogP contribution >= 0.6 is 0 Å². The van der Waals surface area contributed by atoms with Crippen LogP contribution in [0.3, 0.4) is 0 Å². The molecule has 2 aromatic heterocycles. The summed E-state index contributed by atoms with van der Waals surface area (Å²) in [6.45, 7) is 0.307. The number of nitrogens with one attached hydrogen (secondary N) is 2. The minimum absolute atomic E-state index is 0.274. The number of aromatic amines is 2. The summed E-state index contributed by atoms with van der Waals surface area (Å²) in [4.78, 5) is 4.33. The van der Waals surface area contributed by atoms with E-state index in [-0.39, 0.29) is 5.82 Å². The Hall–Kier alpha value is -3.06. The molecule has 7 heteroatoms. The van der Waals surface area contributed by atoms with E-state index in [1.54, 1.807) is 12.1 Å². The van der Waals surface area contributed by atoms with Crippen molar-refractivity contribution in [1.82, 2.24) is 25.4 Å². The highest BCUT2D eigenvalue weighted by Gasteiger charge is 2.11. The fourth-order valence-corrected chi connectivity index (χ4v) is 2.50. The van der Waals surface area contributed by atoms with Crippen LogP contribution in [-0.4, -0.2) is 25.4 Å². The van der Waals surface area contributed by atoms with Gasteiger partial charge in [0, 0.05) is 16.5 Å². The average Bonchev–Trinajstić information content (AvgIpc) is 3.22. The molecule has 0 radical (unpaired) electrons. The van der Waals surface area contributed by atoms with Crippen LogP contribution in [0.1, 0.15) is 5.82 Å². The number of nitrogens with zero attached hydrogens (tertiary/aromatic N) is 3. The number of nitrogens with two attached hydrogens (primary N) is 1. The number of rotatable bonds is 3. The Labute approximate surface area is 130 Å². The van der Waals surface area contributed by atoms with E-state index in [4.69, 9.17) is 5.73 Å². The second-order valence-corrected chi connectivity index (χ2v) is 5.15. The van der Waals surface area contributed by atoms with Crippen LogP contribution in [0.25, 0.3) is 33.5 Å². The highest BCUT2D eigenvalue weighted by molar-refractivity contribution is 5.95. The molecule has 0 aliphatic heterocycles. The molecular formula is C16H13FN6. The van der Waals surface area contributed by atoms with Crippen molar-refractivity contribution in [2.45, 2.75) is 6.54 Å². The van der Waals surface area contributed by atoms with Crippen molar-refractivity contribution in [3.05, 3.63) is 54.1 Å². The predicted octanol–water partition coefficient (Wildman–Crippen LogP) is 2.61. The van der Waals surface area contributed by atoms with Crippen LogP contribution < -0.4 is 5.73 Å². The molecule has 2 heterocycles. The van der Waals surface area contributed by atoms with E-state index < -0.39 is 0 Å². The first-order valence-electron chi connectivity index (χ1n) is 7.10. The summed E-state index contributed by atoms with van der Waals surface area (Å²) in [5, 5.41) is 15.2. The van der Waals surface area contributed by atoms with Crippen molar-refractivity contribution in [3.63, 3.8) is 0 Å². The molecule has 4 aromatic rings. The lowest BCUT2D eigenvalue weighted by Crippen LogP contribution is -1.97. The van der Waals surface area contributed by atoms with Crippen LogP contribution in [0.4, 0.5) is 4.39 Å². The molecule has 0 atom stereocenters. The quantitative estimate of drug-likeness (QED) is 0.542. The van der Waals surface area contributed by atoms with E-state index in [0.29, 0.717) is 18.2 Å². The van der Waals surface area contributed by atoms with Gasteiger partial charge in [0.25, 0.3) is 0 Å². The number of hydrogen-bond acceptors (Lipinski definition) is 4. The second-order valence-electron chi connectivity index (χ2n) is 5.15. The first kappa shape index (κ1) is 13.6. The molecule has 114 valence electrons. The van der Waals surface area contributed by atoms with E-state index in [1.165, 1.54) is 12.1 Å². The summed E-state index contributed by atoms with van der Waals surface area (Å²) in [6.07, 6.45) is 0. The molecule has 23 heavy (non-hydrogen) atoms. The molecule has 6 nitrogen and oxygen atoms in total. The first-order chi connectivity index (χ1) is 11.2. The Bertz CT molecular complexity index is 970. The maximum absolute atomic E-state index is 13.1. The van der Waals surface area contributed by atoms with Gasteiger partial charge >= 0.3 is 0 Å². The van der Waals surface area contributed by atoms with Crippen molar-refractivity contribution in [2.75, 3.05) is 0 Å². The summed E-state index contributed by atoms with van der Waals surface area (Å²) in [7, 11) is 0. The molecule has 4 rings (SSSR count). The summed E-state index contributed by atoms with van der Waals surface area (Å²) in [5.74, 6) is 0.939. The second kappa shape index (κ2) is 5.29. The van der Waals surface area contributed by atoms with Crippen LogP contribution in [0, 0.1) is 5.82 Å². The van der Waals surface area contributed by atoms with Crippen molar-refractivity contribution < 1.29 is 4.39 Å². The van der Waals surface area contributed by atoms with E-state index in [1.807, 2.05) is 18.2 Å². The minimum atomic E-state index is -0.274. The maximum Gasteiger partial charge on any atom is 0.181 e. The lowest BCUT2D eigenvalue weighted by Gasteiger charge is -2.00. The van der Waals surface area contributed by atoms with Gasteiger partial charge in [0.05, 0.1) is 17.8 Å². The smallest absolute Gasteiger partial charge is 0.181 e. The van der Waals surface area contributed by atoms with Gasteiger partial charge in [-0.15, -0.1) is 0 Å². The van der Waals surface area contributed by atoms with E-state index in [2.05, 4.69) is 25.4 Å². The molecular weight excluding hydrogens is 295 g/mol. The third-order valence-electron chi connectivity index (χ3n) is 3.66. The van der Waals surface area contributed by atoms with Crippen LogP contribution in [0.15, 0.2) is 42.5 Å². The third-order valence-corrected chi connectivity index (χ3v) is 3.66. The van der Waals surface area contributed by atoms with Gasteiger partial charge in [-0.3, -0.25) is 10.2 Å². The highest BCUT2D eigenvalue weighted by Crippen LogP contribution is 2.29. The largest absolute Gasteiger partial charge is 0.324 e. The maximum atomic E-state index is 13.1. The number of fused-ring (bicyclic) bond motifs is 1. The molecule has 0 saturated heterocycles. The number of halogens is 1. The molecule has 0 aliphatic carbocycles. The average molecular weight is 308 g/mol. The van der Waals surface area contributed by atoms with E-state index in [9.17, 15) is 4.39 Å². The molecule has 2 aromatic carbocycles. The zero-order chi connectivity index (χ0) is 15.8. The van der Waals surface area contributed by atoms with Crippen molar-refractivity contribution >= 4 is 10.9 Å². The number of H-pyrrole nitrogens is 2. The van der Waals surface area contributed by atoms with Gasteiger partial charge in [0.2, 0.25) is 0 Å². The Kier molecular flexibility index (Phi) is 3.13. The molecule has 0 fully saturated rings. The Morgan fingerprint density at radius 3 is 2.48 bits per heavy atom. The molecule has 0 unspecified atom stereocenters. The summed E-state index contributed by atoms with van der Waals surface area (Å²) in [5.41, 5.74) is 8.90. The molecule has 4 N–H and O–H groups in total. The SMILES string of the molecule is NCc1nc(-c2ccc3[nH]nc(-c4ccc(F)cc4)c3c2)n[nH]1. The summed E-state index contributed by atoms with van der Waals surface area (Å²) >= 11 is 0. The molecule has 0 bridgehead atoms. The predicted molar refractivity (Wildman–Crippen MR) is 84.8 cm³/mol. The van der Waals surface area contributed by atoms with Crippen molar-refractivity contribution in [3.8, 4) is 22.6 Å². The molecule has 0 saturated carbocycles. The van der Waals surface area contributed by atoms with Crippen molar-refractivity contribution in [1.29, 1.82) is 0 Å². The standard InChI is InChI=1S/C16H13FN6/c17-11-4-1-9(2-5-11)15-12-7-10(3-6-13(12)20-22-15)16-19-14(8-18)21-23-16/h1-7H,8,18H2,(H,20,22)(H,19,21,23). The van der Waals surface area contributed by atoms with Crippen LogP contribution in [-0.2, 0) is 6.54 Å². The van der Waals surface area contributed by atoms with Gasteiger partial charge in [-0.05, 0) is 42.5 Å². The zero-order valence-electron chi connectivity index (χ0n) is 12.0. The van der Waals surface area contributed by atoms with Gasteiger partial charge < -0.3 is 5.73 Å². The third kappa shape index (κ3) is 2.36. The fraction of sp³-hybridized carbons (Fsp3) is 0.0625. The van der Waals surface area contributed by atoms with E-state index >= 15 is 0 Å². The number of hydrogen-bond donors (Lipinski definition) is 3. The monoisotopic (exact) mass is 308 g/mol. The topological polar surface area (TPSA) is 96.3 Å². The number of benzene rings is 2. The van der Waals surface area contributed by atoms with Gasteiger partial charge in [0.1, 0.15) is 11.6 Å². The first-order valence-corrected chi connectivity index (χ1v) is 7.10. The number of aromatic nitrogens is 5. The van der Waals surface area contributed by atoms with Crippen LogP contribution in [0.2, 0.25) is 0 Å². The van der Waals surface area contributed by atoms with E-state index in [0.717, 1.165) is 27.7 Å². The highest BCUT2D eigenvalue weighted by atomic mass is 19.1. The Balaban J connectivity index is 1.84. The summed E-state index contributed by atoms with van der Waals surface area (Å²) in [6, 6.07) is 12.0. The zero-order valence-corrected chi connectivity index (χ0v) is 12.0. The molecule has 0 amide bonds. The van der Waals surface area contributed by atoms with Gasteiger partial charge in [-0.1, -0.05) is 0 Å². The van der Waals surface area contributed by atoms with Gasteiger partial charge in [0.15, 0.2) is 5.82 Å².